The van der Waals surface area contributed by atoms with E-state index in [1.165, 1.54) is 46.2 Å². The van der Waals surface area contributed by atoms with Gasteiger partial charge < -0.3 is 5.11 Å². The molecule has 1 aromatic heterocycles. The molecule has 2 aromatic rings. The number of rotatable bonds is 0. The molecule has 2 heteroatoms. The van der Waals surface area contributed by atoms with Gasteiger partial charge in [-0.15, -0.1) is 11.3 Å². The molecule has 0 bridgehead atoms. The van der Waals surface area contributed by atoms with Crippen LogP contribution in [0.4, 0.5) is 0 Å². The fraction of sp³-hybridized carbons (Fsp3) is 0.333. The van der Waals surface area contributed by atoms with E-state index in [0.29, 0.717) is 5.75 Å². The van der Waals surface area contributed by atoms with Crippen LogP contribution in [0, 0.1) is 0 Å². The molecule has 0 amide bonds. The molecule has 0 saturated heterocycles. The quantitative estimate of drug-likeness (QED) is 0.696. The minimum absolute atomic E-state index is 0.385. The van der Waals surface area contributed by atoms with Crippen molar-refractivity contribution in [2.24, 2.45) is 0 Å². The molecular formula is C12H12OS. The maximum Gasteiger partial charge on any atom is 0.117 e. The van der Waals surface area contributed by atoms with E-state index < -0.39 is 0 Å². The van der Waals surface area contributed by atoms with Crippen LogP contribution in [-0.4, -0.2) is 5.11 Å². The van der Waals surface area contributed by atoms with E-state index in [4.69, 9.17) is 0 Å². The number of benzene rings is 1. The second-order valence-corrected chi connectivity index (χ2v) is 5.03. The van der Waals surface area contributed by atoms with Crippen molar-refractivity contribution in [3.63, 3.8) is 0 Å². The lowest BCUT2D eigenvalue weighted by Gasteiger charge is -2.09. The van der Waals surface area contributed by atoms with Gasteiger partial charge in [-0.3, -0.25) is 0 Å². The molecule has 1 aliphatic rings. The fourth-order valence-corrected chi connectivity index (χ4v) is 3.58. The largest absolute Gasteiger partial charge is 0.508 e. The molecule has 0 saturated carbocycles. The summed E-state index contributed by atoms with van der Waals surface area (Å²) in [5.74, 6) is 0.385. The van der Waals surface area contributed by atoms with Gasteiger partial charge in [0.1, 0.15) is 5.75 Å². The second kappa shape index (κ2) is 2.99. The van der Waals surface area contributed by atoms with E-state index >= 15 is 0 Å². The zero-order valence-electron chi connectivity index (χ0n) is 7.92. The van der Waals surface area contributed by atoms with Gasteiger partial charge in [0.2, 0.25) is 0 Å². The van der Waals surface area contributed by atoms with Crippen LogP contribution in [0.15, 0.2) is 18.2 Å². The minimum Gasteiger partial charge on any atom is -0.508 e. The third kappa shape index (κ3) is 1.14. The van der Waals surface area contributed by atoms with Crippen LogP contribution in [0.3, 0.4) is 0 Å². The zero-order valence-corrected chi connectivity index (χ0v) is 8.73. The molecule has 0 aliphatic heterocycles. The maximum absolute atomic E-state index is 9.40. The van der Waals surface area contributed by atoms with Crippen molar-refractivity contribution in [1.82, 2.24) is 0 Å². The SMILES string of the molecule is Oc1ccc2c3c(sc2c1)CCCC3. The first kappa shape index (κ1) is 8.30. The van der Waals surface area contributed by atoms with Crippen molar-refractivity contribution in [1.29, 1.82) is 0 Å². The van der Waals surface area contributed by atoms with Gasteiger partial charge in [-0.05, 0) is 54.8 Å². The molecule has 72 valence electrons. The van der Waals surface area contributed by atoms with Gasteiger partial charge >= 0.3 is 0 Å². The highest BCUT2D eigenvalue weighted by atomic mass is 32.1. The predicted molar refractivity (Wildman–Crippen MR) is 60.1 cm³/mol. The molecule has 0 unspecified atom stereocenters. The summed E-state index contributed by atoms with van der Waals surface area (Å²) in [7, 11) is 0. The average Bonchev–Trinajstić information content (AvgIpc) is 2.54. The van der Waals surface area contributed by atoms with E-state index in [0.717, 1.165) is 0 Å². The molecule has 0 fully saturated rings. The Bertz CT molecular complexity index is 484. The first-order valence-corrected chi connectivity index (χ1v) is 5.89. The summed E-state index contributed by atoms with van der Waals surface area (Å²) in [5, 5.41) is 10.8. The van der Waals surface area contributed by atoms with Crippen molar-refractivity contribution in [2.45, 2.75) is 25.7 Å². The van der Waals surface area contributed by atoms with Crippen LogP contribution in [0.5, 0.6) is 5.75 Å². The Kier molecular flexibility index (Phi) is 1.77. The minimum atomic E-state index is 0.385. The molecule has 3 rings (SSSR count). The number of fused-ring (bicyclic) bond motifs is 3. The van der Waals surface area contributed by atoms with Gasteiger partial charge in [-0.1, -0.05) is 0 Å². The summed E-state index contributed by atoms with van der Waals surface area (Å²) in [6.45, 7) is 0. The third-order valence-corrected chi connectivity index (χ3v) is 4.20. The third-order valence-electron chi connectivity index (χ3n) is 2.94. The van der Waals surface area contributed by atoms with Gasteiger partial charge in [0.15, 0.2) is 0 Å². The summed E-state index contributed by atoms with van der Waals surface area (Å²) in [6, 6.07) is 5.74. The zero-order chi connectivity index (χ0) is 9.54. The normalized spacial score (nSPS) is 15.7. The monoisotopic (exact) mass is 204 g/mol. The highest BCUT2D eigenvalue weighted by Crippen LogP contribution is 2.37. The lowest BCUT2D eigenvalue weighted by molar-refractivity contribution is 0.476. The Labute approximate surface area is 87.0 Å². The summed E-state index contributed by atoms with van der Waals surface area (Å²) >= 11 is 1.85. The van der Waals surface area contributed by atoms with E-state index in [9.17, 15) is 5.11 Å². The molecular weight excluding hydrogens is 192 g/mol. The molecule has 1 aromatic carbocycles. The topological polar surface area (TPSA) is 20.2 Å². The Morgan fingerprint density at radius 2 is 2.00 bits per heavy atom. The first-order valence-electron chi connectivity index (χ1n) is 5.08. The first-order chi connectivity index (χ1) is 6.84. The molecule has 1 aliphatic carbocycles. The molecule has 0 radical (unpaired) electrons. The Morgan fingerprint density at radius 1 is 1.14 bits per heavy atom. The van der Waals surface area contributed by atoms with Crippen molar-refractivity contribution >= 4 is 21.4 Å². The summed E-state index contributed by atoms with van der Waals surface area (Å²) < 4.78 is 1.25. The maximum atomic E-state index is 9.40. The molecule has 0 spiro atoms. The number of phenols is 1. The lowest BCUT2D eigenvalue weighted by atomic mass is 9.96. The Balaban J connectivity index is 2.31. The van der Waals surface area contributed by atoms with Crippen molar-refractivity contribution < 1.29 is 5.11 Å². The lowest BCUT2D eigenvalue weighted by Crippen LogP contribution is -1.97. The number of phenolic OH excluding ortho intramolecular Hbond substituents is 1. The van der Waals surface area contributed by atoms with Crippen LogP contribution < -0.4 is 0 Å². The standard InChI is InChI=1S/C12H12OS/c13-8-5-6-10-9-3-1-2-4-11(9)14-12(10)7-8/h5-7,13H,1-4H2. The smallest absolute Gasteiger partial charge is 0.117 e. The summed E-state index contributed by atoms with van der Waals surface area (Å²) in [4.78, 5) is 1.54. The Hall–Kier alpha value is -1.02. The van der Waals surface area contributed by atoms with Gasteiger partial charge in [-0.25, -0.2) is 0 Å². The van der Waals surface area contributed by atoms with Crippen LogP contribution in [0.2, 0.25) is 0 Å². The molecule has 1 nitrogen and oxygen atoms in total. The van der Waals surface area contributed by atoms with E-state index in [1.807, 2.05) is 17.4 Å². The van der Waals surface area contributed by atoms with E-state index in [1.54, 1.807) is 6.07 Å². The number of aryl methyl sites for hydroxylation is 2. The molecule has 0 atom stereocenters. The second-order valence-electron chi connectivity index (χ2n) is 3.89. The van der Waals surface area contributed by atoms with Gasteiger partial charge in [-0.2, -0.15) is 0 Å². The highest BCUT2D eigenvalue weighted by Gasteiger charge is 2.15. The molecule has 1 heterocycles. The summed E-state index contributed by atoms with van der Waals surface area (Å²) in [6.07, 6.45) is 5.10. The molecule has 1 N–H and O–H groups in total. The summed E-state index contributed by atoms with van der Waals surface area (Å²) in [5.41, 5.74) is 1.54. The fourth-order valence-electron chi connectivity index (χ4n) is 2.25. The van der Waals surface area contributed by atoms with Crippen LogP contribution in [0.1, 0.15) is 23.3 Å². The highest BCUT2D eigenvalue weighted by molar-refractivity contribution is 7.19. The van der Waals surface area contributed by atoms with Gasteiger partial charge in [0.05, 0.1) is 0 Å². The number of aromatic hydroxyl groups is 1. The Morgan fingerprint density at radius 3 is 2.93 bits per heavy atom. The van der Waals surface area contributed by atoms with Crippen LogP contribution >= 0.6 is 11.3 Å². The van der Waals surface area contributed by atoms with E-state index in [2.05, 4.69) is 6.07 Å². The number of hydrogen-bond acceptors (Lipinski definition) is 2. The van der Waals surface area contributed by atoms with Crippen LogP contribution in [0.25, 0.3) is 10.1 Å². The average molecular weight is 204 g/mol. The van der Waals surface area contributed by atoms with Crippen molar-refractivity contribution in [3.8, 4) is 5.75 Å². The van der Waals surface area contributed by atoms with Crippen molar-refractivity contribution in [2.75, 3.05) is 0 Å². The number of hydrogen-bond donors (Lipinski definition) is 1. The van der Waals surface area contributed by atoms with Gasteiger partial charge in [0, 0.05) is 9.58 Å². The van der Waals surface area contributed by atoms with E-state index in [-0.39, 0.29) is 0 Å². The van der Waals surface area contributed by atoms with Gasteiger partial charge in [0.25, 0.3) is 0 Å². The van der Waals surface area contributed by atoms with Crippen LogP contribution in [-0.2, 0) is 12.8 Å². The molecule has 14 heavy (non-hydrogen) atoms. The van der Waals surface area contributed by atoms with Crippen molar-refractivity contribution in [3.05, 3.63) is 28.6 Å². The predicted octanol–water partition coefficient (Wildman–Crippen LogP) is 3.49. The number of thiophene rings is 1.